The lowest BCUT2D eigenvalue weighted by Gasteiger charge is -2.21. The molecule has 12 heteroatoms. The van der Waals surface area contributed by atoms with Crippen LogP contribution in [0.15, 0.2) is 85.1 Å². The number of ether oxygens (including phenoxy) is 3. The average Bonchev–Trinajstić information content (AvgIpc) is 3.39. The zero-order chi connectivity index (χ0) is 54.1. The molecule has 0 aliphatic carbocycles. The summed E-state index contributed by atoms with van der Waals surface area (Å²) in [7, 11) is -4.76. The van der Waals surface area contributed by atoms with E-state index in [1.54, 1.807) is 0 Å². The van der Waals surface area contributed by atoms with E-state index in [1.807, 2.05) is 0 Å². The van der Waals surface area contributed by atoms with Crippen molar-refractivity contribution in [3.05, 3.63) is 85.1 Å². The van der Waals surface area contributed by atoms with Gasteiger partial charge in [-0.3, -0.25) is 23.4 Å². The number of hydrogen-bond acceptors (Lipinski definition) is 10. The molecule has 0 aromatic rings. The van der Waals surface area contributed by atoms with Crippen LogP contribution in [-0.4, -0.2) is 66.5 Å². The number of esters is 3. The van der Waals surface area contributed by atoms with Gasteiger partial charge in [0.15, 0.2) is 6.10 Å². The van der Waals surface area contributed by atoms with E-state index in [2.05, 4.69) is 106 Å². The third kappa shape index (κ3) is 53.5. The highest BCUT2D eigenvalue weighted by Gasteiger charge is 2.28. The van der Waals surface area contributed by atoms with Gasteiger partial charge >= 0.3 is 25.7 Å². The fourth-order valence-corrected chi connectivity index (χ4v) is 8.57. The Balaban J connectivity index is 4.75. The quantitative estimate of drug-likeness (QED) is 0.0197. The third-order valence-corrected chi connectivity index (χ3v) is 13.2. The Morgan fingerprint density at radius 2 is 0.703 bits per heavy atom. The van der Waals surface area contributed by atoms with Crippen molar-refractivity contribution in [2.24, 2.45) is 0 Å². The van der Waals surface area contributed by atoms with Crippen molar-refractivity contribution in [2.75, 3.05) is 26.4 Å². The number of carbonyl (C=O) groups is 3. The molecule has 74 heavy (non-hydrogen) atoms. The minimum absolute atomic E-state index is 0.152. The number of aliphatic hydroxyl groups excluding tert-OH is 1. The summed E-state index contributed by atoms with van der Waals surface area (Å²) in [5.41, 5.74) is 0. The molecule has 0 saturated heterocycles. The SMILES string of the molecule is CC/C=C\C/C=C\C/C=C\CCCCCC(=O)OCC(COP(=O)(O)OCC(CO)OC(=O)CCCCCCC/C=C\C/C=C\CCCCC)OC(=O)CCCCCCCCCCC/C=C\C/C=C\CCCCC. The van der Waals surface area contributed by atoms with Gasteiger partial charge < -0.3 is 24.2 Å². The number of phosphoric ester groups is 1. The molecule has 0 radical (unpaired) electrons. The van der Waals surface area contributed by atoms with E-state index in [0.29, 0.717) is 19.3 Å². The van der Waals surface area contributed by atoms with Crippen LogP contribution in [-0.2, 0) is 42.2 Å². The number of hydrogen-bond donors (Lipinski definition) is 2. The lowest BCUT2D eigenvalue weighted by molar-refractivity contribution is -0.161. The van der Waals surface area contributed by atoms with Crippen LogP contribution in [0.3, 0.4) is 0 Å². The highest BCUT2D eigenvalue weighted by Crippen LogP contribution is 2.43. The highest BCUT2D eigenvalue weighted by atomic mass is 31.2. The van der Waals surface area contributed by atoms with Gasteiger partial charge in [0.2, 0.25) is 0 Å². The van der Waals surface area contributed by atoms with Gasteiger partial charge in [-0.05, 0) is 116 Å². The van der Waals surface area contributed by atoms with Crippen LogP contribution in [0.2, 0.25) is 0 Å². The predicted molar refractivity (Wildman–Crippen MR) is 307 cm³/mol. The smallest absolute Gasteiger partial charge is 0.462 e. The van der Waals surface area contributed by atoms with E-state index in [1.165, 1.54) is 77.0 Å². The summed E-state index contributed by atoms with van der Waals surface area (Å²) in [5.74, 6) is -1.52. The van der Waals surface area contributed by atoms with Crippen molar-refractivity contribution >= 4 is 25.7 Å². The molecule has 0 fully saturated rings. The molecule has 11 nitrogen and oxygen atoms in total. The van der Waals surface area contributed by atoms with Crippen LogP contribution in [0.25, 0.3) is 0 Å². The molecule has 0 saturated carbocycles. The van der Waals surface area contributed by atoms with Crippen LogP contribution >= 0.6 is 7.82 Å². The third-order valence-electron chi connectivity index (χ3n) is 12.3. The summed E-state index contributed by atoms with van der Waals surface area (Å²) >= 11 is 0. The summed E-state index contributed by atoms with van der Waals surface area (Å²) in [6, 6.07) is 0. The van der Waals surface area contributed by atoms with Crippen LogP contribution < -0.4 is 0 Å². The highest BCUT2D eigenvalue weighted by molar-refractivity contribution is 7.47. The first-order valence-electron chi connectivity index (χ1n) is 29.5. The summed E-state index contributed by atoms with van der Waals surface area (Å²) in [5, 5.41) is 9.82. The fourth-order valence-electron chi connectivity index (χ4n) is 7.78. The van der Waals surface area contributed by atoms with E-state index in [9.17, 15) is 28.9 Å². The largest absolute Gasteiger partial charge is 0.472 e. The van der Waals surface area contributed by atoms with Crippen molar-refractivity contribution in [1.82, 2.24) is 0 Å². The van der Waals surface area contributed by atoms with Gasteiger partial charge in [0, 0.05) is 19.3 Å². The molecule has 0 spiro atoms. The second kappa shape index (κ2) is 55.9. The maximum absolute atomic E-state index is 12.9. The Kier molecular flexibility index (Phi) is 53.4. The number of rotatable bonds is 54. The van der Waals surface area contributed by atoms with Crippen molar-refractivity contribution < 1.29 is 52.2 Å². The van der Waals surface area contributed by atoms with E-state index in [4.69, 9.17) is 23.3 Å². The van der Waals surface area contributed by atoms with Gasteiger partial charge in [-0.2, -0.15) is 0 Å². The van der Waals surface area contributed by atoms with Crippen molar-refractivity contribution in [3.63, 3.8) is 0 Å². The topological polar surface area (TPSA) is 155 Å². The van der Waals surface area contributed by atoms with Gasteiger partial charge in [-0.1, -0.05) is 202 Å². The molecule has 0 aromatic heterocycles. The van der Waals surface area contributed by atoms with Crippen molar-refractivity contribution in [3.8, 4) is 0 Å². The first kappa shape index (κ1) is 70.7. The van der Waals surface area contributed by atoms with Crippen molar-refractivity contribution in [2.45, 2.75) is 264 Å². The normalized spacial score (nSPS) is 14.0. The van der Waals surface area contributed by atoms with Gasteiger partial charge in [0.1, 0.15) is 12.7 Å². The maximum atomic E-state index is 12.9. The Bertz CT molecular complexity index is 1560. The first-order chi connectivity index (χ1) is 36.2. The van der Waals surface area contributed by atoms with Crippen LogP contribution in [0.5, 0.6) is 0 Å². The lowest BCUT2D eigenvalue weighted by atomic mass is 10.1. The summed E-state index contributed by atoms with van der Waals surface area (Å²) in [6.45, 7) is 4.43. The average molecular weight is 1060 g/mol. The summed E-state index contributed by atoms with van der Waals surface area (Å²) in [6.07, 6.45) is 64.0. The monoisotopic (exact) mass is 1060 g/mol. The molecule has 0 aromatic carbocycles. The molecule has 0 aliphatic heterocycles. The zero-order valence-corrected chi connectivity index (χ0v) is 47.9. The molecule has 426 valence electrons. The number of carbonyl (C=O) groups excluding carboxylic acids is 3. The minimum Gasteiger partial charge on any atom is -0.462 e. The molecule has 3 atom stereocenters. The number of unbranched alkanes of at least 4 members (excludes halogenated alkanes) is 23. The number of allylic oxidation sites excluding steroid dienone is 14. The number of aliphatic hydroxyl groups is 1. The predicted octanol–water partition coefficient (Wildman–Crippen LogP) is 17.5. The Morgan fingerprint density at radius 3 is 1.09 bits per heavy atom. The van der Waals surface area contributed by atoms with Crippen LogP contribution in [0, 0.1) is 0 Å². The summed E-state index contributed by atoms with van der Waals surface area (Å²) in [4.78, 5) is 48.5. The van der Waals surface area contributed by atoms with Gasteiger partial charge in [0.25, 0.3) is 0 Å². The standard InChI is InChI=1S/C62H107O11P/c1-4-7-10-13-16-19-22-25-27-28-29-30-32-35-38-41-44-47-50-53-62(66)73-59(55-69-60(64)51-48-45-42-39-36-33-24-21-18-15-12-9-6-3)57-71-74(67,68)70-56-58(54-63)72-61(65)52-49-46-43-40-37-34-31-26-23-20-17-14-11-8-5-2/h9,12,16-21,25-27,31,33,36,58-59,63H,4-8,10-11,13-15,22-24,28-30,32,34-35,37-57H2,1-3H3,(H,67,68)/b12-9-,19-16-,20-17-,21-18-,27-25-,31-26-,36-33-. The molecule has 0 rings (SSSR count). The molecule has 0 amide bonds. The Morgan fingerprint density at radius 1 is 0.392 bits per heavy atom. The maximum Gasteiger partial charge on any atom is 0.472 e. The molecule has 3 unspecified atom stereocenters. The fraction of sp³-hybridized carbons (Fsp3) is 0.726. The van der Waals surface area contributed by atoms with Gasteiger partial charge in [-0.25, -0.2) is 4.57 Å². The Hall–Kier alpha value is -3.34. The van der Waals surface area contributed by atoms with Crippen LogP contribution in [0.4, 0.5) is 0 Å². The van der Waals surface area contributed by atoms with Gasteiger partial charge in [-0.15, -0.1) is 0 Å². The van der Waals surface area contributed by atoms with E-state index < -0.39 is 57.8 Å². The first-order valence-corrected chi connectivity index (χ1v) is 31.0. The number of phosphoric acid groups is 1. The molecule has 0 heterocycles. The van der Waals surface area contributed by atoms with Gasteiger partial charge in [0.05, 0.1) is 19.8 Å². The molecule has 2 N–H and O–H groups in total. The Labute approximate surface area is 451 Å². The minimum atomic E-state index is -4.76. The second-order valence-corrected chi connectivity index (χ2v) is 20.9. The second-order valence-electron chi connectivity index (χ2n) is 19.4. The van der Waals surface area contributed by atoms with Crippen LogP contribution in [0.1, 0.15) is 252 Å². The molecule has 0 bridgehead atoms. The van der Waals surface area contributed by atoms with E-state index >= 15 is 0 Å². The molecular weight excluding hydrogens is 952 g/mol. The van der Waals surface area contributed by atoms with E-state index in [-0.39, 0.29) is 25.9 Å². The molecule has 0 aliphatic rings. The van der Waals surface area contributed by atoms with Crippen molar-refractivity contribution in [1.29, 1.82) is 0 Å². The van der Waals surface area contributed by atoms with E-state index in [0.717, 1.165) is 116 Å². The lowest BCUT2D eigenvalue weighted by Crippen LogP contribution is -2.30. The molecular formula is C62H107O11P. The zero-order valence-electron chi connectivity index (χ0n) is 47.0. The summed E-state index contributed by atoms with van der Waals surface area (Å²) < 4.78 is 39.5.